The van der Waals surface area contributed by atoms with Crippen molar-refractivity contribution in [2.45, 2.75) is 38.4 Å². The fourth-order valence-corrected chi connectivity index (χ4v) is 2.62. The second kappa shape index (κ2) is 5.34. The molecule has 3 nitrogen and oxygen atoms in total. The summed E-state index contributed by atoms with van der Waals surface area (Å²) in [5.41, 5.74) is -1.24. The Labute approximate surface area is 115 Å². The van der Waals surface area contributed by atoms with E-state index in [9.17, 15) is 18.0 Å². The van der Waals surface area contributed by atoms with Gasteiger partial charge in [-0.2, -0.15) is 13.2 Å². The molecule has 1 aromatic carbocycles. The van der Waals surface area contributed by atoms with E-state index in [0.29, 0.717) is 5.69 Å². The van der Waals surface area contributed by atoms with Gasteiger partial charge >= 0.3 is 12.1 Å². The number of nitrogens with zero attached hydrogens (tertiary/aromatic N) is 1. The molecule has 1 aromatic rings. The summed E-state index contributed by atoms with van der Waals surface area (Å²) in [5.74, 6) is -1.55. The second-order valence-corrected chi connectivity index (χ2v) is 5.07. The molecule has 1 aliphatic rings. The van der Waals surface area contributed by atoms with Crippen LogP contribution in [0.2, 0.25) is 0 Å². The first kappa shape index (κ1) is 14.7. The van der Waals surface area contributed by atoms with E-state index >= 15 is 0 Å². The lowest BCUT2D eigenvalue weighted by Gasteiger charge is -2.35. The fraction of sp³-hybridized carbons (Fsp3) is 0.500. The molecule has 1 atom stereocenters. The molecule has 0 amide bonds. The summed E-state index contributed by atoms with van der Waals surface area (Å²) in [6.07, 6.45) is -1.64. The first-order valence-corrected chi connectivity index (χ1v) is 6.52. The van der Waals surface area contributed by atoms with Crippen LogP contribution in [0.15, 0.2) is 18.2 Å². The molecule has 1 saturated heterocycles. The minimum atomic E-state index is -4.65. The van der Waals surface area contributed by atoms with Crippen molar-refractivity contribution >= 4 is 11.7 Å². The molecule has 0 bridgehead atoms. The third-order valence-corrected chi connectivity index (χ3v) is 3.67. The molecule has 0 radical (unpaired) electrons. The Morgan fingerprint density at radius 2 is 2.05 bits per heavy atom. The Morgan fingerprint density at radius 3 is 2.60 bits per heavy atom. The molecular weight excluding hydrogens is 271 g/mol. The maximum atomic E-state index is 12.8. The Bertz CT molecular complexity index is 514. The molecule has 1 fully saturated rings. The van der Waals surface area contributed by atoms with Crippen LogP contribution < -0.4 is 4.90 Å². The predicted molar refractivity (Wildman–Crippen MR) is 69.1 cm³/mol. The first-order valence-electron chi connectivity index (χ1n) is 6.52. The molecule has 1 heterocycles. The van der Waals surface area contributed by atoms with E-state index in [1.165, 1.54) is 6.07 Å². The van der Waals surface area contributed by atoms with Gasteiger partial charge in [-0.15, -0.1) is 0 Å². The molecule has 0 aromatic heterocycles. The predicted octanol–water partition coefficient (Wildman–Crippen LogP) is 3.78. The van der Waals surface area contributed by atoms with E-state index in [0.717, 1.165) is 37.9 Å². The van der Waals surface area contributed by atoms with Gasteiger partial charge in [0, 0.05) is 18.3 Å². The number of piperidine rings is 1. The van der Waals surface area contributed by atoms with Gasteiger partial charge < -0.3 is 10.0 Å². The van der Waals surface area contributed by atoms with Gasteiger partial charge in [-0.3, -0.25) is 0 Å². The number of hydrogen-bond acceptors (Lipinski definition) is 2. The van der Waals surface area contributed by atoms with Crippen LogP contribution in [0.1, 0.15) is 42.1 Å². The smallest absolute Gasteiger partial charge is 0.417 e. The van der Waals surface area contributed by atoms with Gasteiger partial charge in [-0.1, -0.05) is 0 Å². The average molecular weight is 287 g/mol. The summed E-state index contributed by atoms with van der Waals surface area (Å²) >= 11 is 0. The molecule has 20 heavy (non-hydrogen) atoms. The quantitative estimate of drug-likeness (QED) is 0.899. The van der Waals surface area contributed by atoms with Gasteiger partial charge in [0.1, 0.15) is 0 Å². The molecule has 1 unspecified atom stereocenters. The average Bonchev–Trinajstić information content (AvgIpc) is 2.37. The minimum absolute atomic E-state index is 0.210. The third-order valence-electron chi connectivity index (χ3n) is 3.67. The number of hydrogen-bond donors (Lipinski definition) is 1. The number of rotatable bonds is 2. The summed E-state index contributed by atoms with van der Waals surface area (Å²) in [4.78, 5) is 13.0. The van der Waals surface area contributed by atoms with Gasteiger partial charge in [-0.05, 0) is 44.4 Å². The molecule has 0 spiro atoms. The van der Waals surface area contributed by atoms with Crippen LogP contribution in [-0.2, 0) is 6.18 Å². The maximum absolute atomic E-state index is 12.8. The van der Waals surface area contributed by atoms with Crippen molar-refractivity contribution in [2.75, 3.05) is 11.4 Å². The van der Waals surface area contributed by atoms with Crippen LogP contribution in [0.4, 0.5) is 18.9 Å². The molecule has 6 heteroatoms. The van der Waals surface area contributed by atoms with Crippen molar-refractivity contribution in [1.29, 1.82) is 0 Å². The lowest BCUT2D eigenvalue weighted by molar-refractivity contribution is -0.138. The SMILES string of the molecule is CC1CCCCN1c1ccc(C(F)(F)F)c(C(=O)O)c1. The molecule has 0 saturated carbocycles. The van der Waals surface area contributed by atoms with E-state index in [4.69, 9.17) is 5.11 Å². The molecule has 2 rings (SSSR count). The number of halogens is 3. The fourth-order valence-electron chi connectivity index (χ4n) is 2.62. The molecule has 1 N–H and O–H groups in total. The Hall–Kier alpha value is -1.72. The highest BCUT2D eigenvalue weighted by Crippen LogP contribution is 2.35. The van der Waals surface area contributed by atoms with Crippen LogP contribution in [0.3, 0.4) is 0 Å². The summed E-state index contributed by atoms with van der Waals surface area (Å²) in [6.45, 7) is 2.74. The van der Waals surface area contributed by atoms with Crippen molar-refractivity contribution in [2.24, 2.45) is 0 Å². The summed E-state index contributed by atoms with van der Waals surface area (Å²) in [7, 11) is 0. The second-order valence-electron chi connectivity index (χ2n) is 5.07. The zero-order valence-electron chi connectivity index (χ0n) is 11.1. The van der Waals surface area contributed by atoms with Crippen LogP contribution in [0.25, 0.3) is 0 Å². The van der Waals surface area contributed by atoms with Gasteiger partial charge in [0.05, 0.1) is 11.1 Å². The minimum Gasteiger partial charge on any atom is -0.478 e. The number of alkyl halides is 3. The van der Waals surface area contributed by atoms with Gasteiger partial charge in [0.2, 0.25) is 0 Å². The largest absolute Gasteiger partial charge is 0.478 e. The lowest BCUT2D eigenvalue weighted by Crippen LogP contribution is -2.37. The van der Waals surface area contributed by atoms with Crippen LogP contribution in [0, 0.1) is 0 Å². The van der Waals surface area contributed by atoms with Gasteiger partial charge in [-0.25, -0.2) is 4.79 Å². The van der Waals surface area contributed by atoms with Gasteiger partial charge in [0.15, 0.2) is 0 Å². The van der Waals surface area contributed by atoms with E-state index < -0.39 is 23.3 Å². The zero-order valence-corrected chi connectivity index (χ0v) is 11.1. The Kier molecular flexibility index (Phi) is 3.92. The number of carboxylic acids is 1. The zero-order chi connectivity index (χ0) is 14.9. The van der Waals surface area contributed by atoms with Crippen molar-refractivity contribution in [3.63, 3.8) is 0 Å². The number of anilines is 1. The van der Waals surface area contributed by atoms with Gasteiger partial charge in [0.25, 0.3) is 0 Å². The van der Waals surface area contributed by atoms with E-state index in [-0.39, 0.29) is 6.04 Å². The highest BCUT2D eigenvalue weighted by molar-refractivity contribution is 5.91. The van der Waals surface area contributed by atoms with Crippen LogP contribution in [0.5, 0.6) is 0 Å². The normalized spacial score (nSPS) is 20.0. The number of carbonyl (C=O) groups is 1. The summed E-state index contributed by atoms with van der Waals surface area (Å²) in [6, 6.07) is 3.56. The summed E-state index contributed by atoms with van der Waals surface area (Å²) in [5, 5.41) is 9.00. The monoisotopic (exact) mass is 287 g/mol. The molecule has 1 aliphatic heterocycles. The van der Waals surface area contributed by atoms with Crippen LogP contribution >= 0.6 is 0 Å². The molecule has 110 valence electrons. The maximum Gasteiger partial charge on any atom is 0.417 e. The highest BCUT2D eigenvalue weighted by atomic mass is 19.4. The first-order chi connectivity index (χ1) is 9.30. The topological polar surface area (TPSA) is 40.5 Å². The van der Waals surface area contributed by atoms with Crippen LogP contribution in [-0.4, -0.2) is 23.7 Å². The Balaban J connectivity index is 2.42. The number of aromatic carboxylic acids is 1. The van der Waals surface area contributed by atoms with E-state index in [2.05, 4.69) is 0 Å². The number of benzene rings is 1. The summed E-state index contributed by atoms with van der Waals surface area (Å²) < 4.78 is 38.3. The molecular formula is C14H16F3NO2. The number of carboxylic acid groups (broad SMARTS) is 1. The van der Waals surface area contributed by atoms with E-state index in [1.54, 1.807) is 0 Å². The standard InChI is InChI=1S/C14H16F3NO2/c1-9-4-2-3-7-18(9)10-5-6-12(14(15,16)17)11(8-10)13(19)20/h5-6,8-9H,2-4,7H2,1H3,(H,19,20). The lowest BCUT2D eigenvalue weighted by atomic mass is 10.0. The highest BCUT2D eigenvalue weighted by Gasteiger charge is 2.35. The van der Waals surface area contributed by atoms with Crippen molar-refractivity contribution in [1.82, 2.24) is 0 Å². The molecule has 0 aliphatic carbocycles. The van der Waals surface area contributed by atoms with Crippen molar-refractivity contribution < 1.29 is 23.1 Å². The van der Waals surface area contributed by atoms with E-state index in [1.807, 2.05) is 11.8 Å². The Morgan fingerprint density at radius 1 is 1.35 bits per heavy atom. The third kappa shape index (κ3) is 2.89. The van der Waals surface area contributed by atoms with Crippen molar-refractivity contribution in [3.8, 4) is 0 Å². The van der Waals surface area contributed by atoms with Crippen molar-refractivity contribution in [3.05, 3.63) is 29.3 Å².